The predicted octanol–water partition coefficient (Wildman–Crippen LogP) is 2.40. The second-order valence-corrected chi connectivity index (χ2v) is 9.15. The summed E-state index contributed by atoms with van der Waals surface area (Å²) in [5.41, 5.74) is 0.990. The first kappa shape index (κ1) is 16.4. The third-order valence-electron chi connectivity index (χ3n) is 5.00. The van der Waals surface area contributed by atoms with Gasteiger partial charge in [-0.2, -0.15) is 0 Å². The number of sulfone groups is 1. The molecule has 23 heavy (non-hydrogen) atoms. The van der Waals surface area contributed by atoms with E-state index >= 15 is 0 Å². The van der Waals surface area contributed by atoms with Crippen LogP contribution in [-0.4, -0.2) is 31.9 Å². The van der Waals surface area contributed by atoms with Crippen LogP contribution in [0.2, 0.25) is 0 Å². The highest BCUT2D eigenvalue weighted by Crippen LogP contribution is 2.47. The van der Waals surface area contributed by atoms with E-state index in [2.05, 4.69) is 5.32 Å². The summed E-state index contributed by atoms with van der Waals surface area (Å²) in [6.45, 7) is 0. The first-order valence-corrected chi connectivity index (χ1v) is 10.0. The fourth-order valence-corrected chi connectivity index (χ4v) is 4.71. The average molecular weight is 339 g/mol. The molecule has 2 saturated carbocycles. The molecular formula is C17H22FNO3S. The molecular weight excluding hydrogens is 317 g/mol. The van der Waals surface area contributed by atoms with Crippen molar-refractivity contribution in [3.63, 3.8) is 0 Å². The Bertz CT molecular complexity index is 686. The first-order chi connectivity index (χ1) is 10.8. The van der Waals surface area contributed by atoms with Crippen LogP contribution in [0.5, 0.6) is 0 Å². The number of hydrogen-bond acceptors (Lipinski definition) is 3. The van der Waals surface area contributed by atoms with E-state index in [1.165, 1.54) is 18.4 Å². The lowest BCUT2D eigenvalue weighted by Gasteiger charge is -2.28. The molecule has 6 heteroatoms. The van der Waals surface area contributed by atoms with Gasteiger partial charge in [-0.05, 0) is 49.3 Å². The molecule has 1 amide bonds. The van der Waals surface area contributed by atoms with E-state index in [9.17, 15) is 17.6 Å². The van der Waals surface area contributed by atoms with E-state index in [0.717, 1.165) is 24.8 Å². The van der Waals surface area contributed by atoms with Gasteiger partial charge in [-0.25, -0.2) is 12.8 Å². The van der Waals surface area contributed by atoms with Crippen molar-refractivity contribution in [1.82, 2.24) is 5.32 Å². The summed E-state index contributed by atoms with van der Waals surface area (Å²) in [6.07, 6.45) is 4.92. The molecule has 2 aliphatic rings. The van der Waals surface area contributed by atoms with Gasteiger partial charge >= 0.3 is 0 Å². The monoisotopic (exact) mass is 339 g/mol. The van der Waals surface area contributed by atoms with Crippen LogP contribution in [-0.2, 0) is 14.6 Å². The Morgan fingerprint density at radius 3 is 2.52 bits per heavy atom. The minimum atomic E-state index is -3.04. The molecule has 1 aromatic carbocycles. The van der Waals surface area contributed by atoms with E-state index in [0.29, 0.717) is 12.8 Å². The van der Waals surface area contributed by atoms with E-state index < -0.39 is 9.84 Å². The van der Waals surface area contributed by atoms with Gasteiger partial charge in [0.25, 0.3) is 0 Å². The highest BCUT2D eigenvalue weighted by molar-refractivity contribution is 7.91. The molecule has 0 bridgehead atoms. The highest BCUT2D eigenvalue weighted by atomic mass is 32.2. The Kier molecular flexibility index (Phi) is 4.45. The van der Waals surface area contributed by atoms with Gasteiger partial charge in [0.2, 0.25) is 5.91 Å². The smallest absolute Gasteiger partial charge is 0.223 e. The lowest BCUT2D eigenvalue weighted by molar-refractivity contribution is -0.123. The van der Waals surface area contributed by atoms with Crippen molar-refractivity contribution in [1.29, 1.82) is 0 Å². The summed E-state index contributed by atoms with van der Waals surface area (Å²) in [5.74, 6) is -0.188. The molecule has 2 aliphatic carbocycles. The van der Waals surface area contributed by atoms with E-state index in [1.807, 2.05) is 0 Å². The van der Waals surface area contributed by atoms with Crippen LogP contribution in [0.25, 0.3) is 0 Å². The minimum absolute atomic E-state index is 0.00141. The molecule has 3 rings (SSSR count). The number of hydrogen-bond donors (Lipinski definition) is 1. The molecule has 126 valence electrons. The molecule has 0 radical (unpaired) electrons. The lowest BCUT2D eigenvalue weighted by Crippen LogP contribution is -2.42. The van der Waals surface area contributed by atoms with Crippen LogP contribution in [0.1, 0.15) is 43.6 Å². The Hall–Kier alpha value is -1.43. The van der Waals surface area contributed by atoms with Gasteiger partial charge in [-0.15, -0.1) is 0 Å². The number of carbonyl (C=O) groups is 1. The number of benzene rings is 1. The van der Waals surface area contributed by atoms with Gasteiger partial charge in [0.15, 0.2) is 0 Å². The SMILES string of the molecule is CS(=O)(=O)[C@@H]1CCC[C@H](NC(=O)[C@H]2C[C@@H]2c2ccc(F)cc2)C1. The third kappa shape index (κ3) is 3.91. The zero-order valence-corrected chi connectivity index (χ0v) is 14.0. The van der Waals surface area contributed by atoms with Crippen LogP contribution >= 0.6 is 0 Å². The van der Waals surface area contributed by atoms with Gasteiger partial charge in [0, 0.05) is 18.2 Å². The first-order valence-electron chi connectivity index (χ1n) is 8.09. The Balaban J connectivity index is 1.55. The molecule has 0 saturated heterocycles. The molecule has 1 aromatic rings. The fraction of sp³-hybridized carbons (Fsp3) is 0.588. The summed E-state index contributed by atoms with van der Waals surface area (Å²) in [7, 11) is -3.04. The van der Waals surface area contributed by atoms with Crippen molar-refractivity contribution in [3.05, 3.63) is 35.6 Å². The topological polar surface area (TPSA) is 63.2 Å². The normalized spacial score (nSPS) is 30.7. The summed E-state index contributed by atoms with van der Waals surface area (Å²) >= 11 is 0. The Morgan fingerprint density at radius 2 is 1.87 bits per heavy atom. The number of nitrogens with one attached hydrogen (secondary N) is 1. The van der Waals surface area contributed by atoms with E-state index in [4.69, 9.17) is 0 Å². The lowest BCUT2D eigenvalue weighted by atomic mass is 9.94. The van der Waals surface area contributed by atoms with Crippen molar-refractivity contribution in [2.24, 2.45) is 5.92 Å². The molecule has 4 atom stereocenters. The number of halogens is 1. The van der Waals surface area contributed by atoms with Crippen LogP contribution < -0.4 is 5.32 Å². The number of carbonyl (C=O) groups excluding carboxylic acids is 1. The number of amides is 1. The summed E-state index contributed by atoms with van der Waals surface area (Å²) in [4.78, 5) is 12.3. The molecule has 0 unspecified atom stereocenters. The van der Waals surface area contributed by atoms with E-state index in [-0.39, 0.29) is 34.9 Å². The zero-order chi connectivity index (χ0) is 16.6. The third-order valence-corrected chi connectivity index (χ3v) is 6.64. The summed E-state index contributed by atoms with van der Waals surface area (Å²) in [6, 6.07) is 6.24. The zero-order valence-electron chi connectivity index (χ0n) is 13.2. The molecule has 4 nitrogen and oxygen atoms in total. The minimum Gasteiger partial charge on any atom is -0.353 e. The summed E-state index contributed by atoms with van der Waals surface area (Å²) < 4.78 is 36.3. The summed E-state index contributed by atoms with van der Waals surface area (Å²) in [5, 5.41) is 2.68. The van der Waals surface area contributed by atoms with Crippen LogP contribution in [0.3, 0.4) is 0 Å². The van der Waals surface area contributed by atoms with Crippen molar-refractivity contribution in [3.8, 4) is 0 Å². The van der Waals surface area contributed by atoms with Gasteiger partial charge in [-0.3, -0.25) is 4.79 Å². The maximum absolute atomic E-state index is 12.9. The van der Waals surface area contributed by atoms with Crippen molar-refractivity contribution in [2.75, 3.05) is 6.26 Å². The van der Waals surface area contributed by atoms with Crippen LogP contribution in [0.4, 0.5) is 4.39 Å². The van der Waals surface area contributed by atoms with Crippen LogP contribution in [0.15, 0.2) is 24.3 Å². The van der Waals surface area contributed by atoms with Gasteiger partial charge < -0.3 is 5.32 Å². The predicted molar refractivity (Wildman–Crippen MR) is 86.3 cm³/mol. The second kappa shape index (κ2) is 6.23. The quantitative estimate of drug-likeness (QED) is 0.916. The van der Waals surface area contributed by atoms with Gasteiger partial charge in [-0.1, -0.05) is 18.6 Å². The van der Waals surface area contributed by atoms with Crippen molar-refractivity contribution >= 4 is 15.7 Å². The maximum atomic E-state index is 12.9. The molecule has 1 N–H and O–H groups in total. The molecule has 0 spiro atoms. The van der Waals surface area contributed by atoms with Crippen molar-refractivity contribution < 1.29 is 17.6 Å². The Morgan fingerprint density at radius 1 is 1.17 bits per heavy atom. The van der Waals surface area contributed by atoms with Crippen LogP contribution in [0, 0.1) is 11.7 Å². The Labute approximate surface area is 136 Å². The fourth-order valence-electron chi connectivity index (χ4n) is 3.54. The molecule has 0 aromatic heterocycles. The molecule has 2 fully saturated rings. The maximum Gasteiger partial charge on any atom is 0.223 e. The largest absolute Gasteiger partial charge is 0.353 e. The highest BCUT2D eigenvalue weighted by Gasteiger charge is 2.44. The number of rotatable bonds is 4. The standard InChI is InChI=1S/C17H22FNO3S/c1-23(21,22)14-4-2-3-13(9-14)19-17(20)16-10-15(16)11-5-7-12(18)8-6-11/h5-8,13-16H,2-4,9-10H2,1H3,(H,19,20)/t13-,14+,15+,16-/m0/s1. The second-order valence-electron chi connectivity index (χ2n) is 6.82. The molecule has 0 heterocycles. The van der Waals surface area contributed by atoms with Gasteiger partial charge in [0.1, 0.15) is 15.7 Å². The van der Waals surface area contributed by atoms with E-state index in [1.54, 1.807) is 12.1 Å². The molecule has 0 aliphatic heterocycles. The average Bonchev–Trinajstić information content (AvgIpc) is 3.28. The van der Waals surface area contributed by atoms with Crippen molar-refractivity contribution in [2.45, 2.75) is 49.3 Å². The van der Waals surface area contributed by atoms with Gasteiger partial charge in [0.05, 0.1) is 5.25 Å².